The number of benzene rings is 1. The van der Waals surface area contributed by atoms with Crippen molar-refractivity contribution < 1.29 is 9.32 Å². The van der Waals surface area contributed by atoms with Gasteiger partial charge in [-0.1, -0.05) is 18.1 Å². The fraction of sp³-hybridized carbons (Fsp3) is 0.471. The Morgan fingerprint density at radius 1 is 1.46 bits per heavy atom. The summed E-state index contributed by atoms with van der Waals surface area (Å²) in [6, 6.07) is 5.79. The Morgan fingerprint density at radius 2 is 2.29 bits per heavy atom. The predicted octanol–water partition coefficient (Wildman–Crippen LogP) is 2.97. The summed E-state index contributed by atoms with van der Waals surface area (Å²) in [7, 11) is 0. The number of amides is 1. The minimum atomic E-state index is 0. The Morgan fingerprint density at radius 3 is 2.96 bits per heavy atom. The molecule has 24 heavy (non-hydrogen) atoms. The first kappa shape index (κ1) is 18.4. The monoisotopic (exact) mass is 350 g/mol. The maximum absolute atomic E-state index is 12.4. The highest BCUT2D eigenvalue weighted by molar-refractivity contribution is 5.94. The van der Waals surface area contributed by atoms with Crippen molar-refractivity contribution in [3.05, 3.63) is 29.6 Å². The zero-order chi connectivity index (χ0) is 16.2. The molecule has 2 N–H and O–H groups in total. The molecule has 1 amide bonds. The number of aromatic nitrogens is 2. The lowest BCUT2D eigenvalue weighted by Crippen LogP contribution is -2.37. The molecule has 1 atom stereocenters. The molecule has 6 nitrogen and oxygen atoms in total. The molecule has 2 aromatic rings. The van der Waals surface area contributed by atoms with Crippen LogP contribution in [0, 0.1) is 12.8 Å². The van der Waals surface area contributed by atoms with E-state index in [0.717, 1.165) is 49.2 Å². The number of anilines is 1. The molecule has 1 aromatic carbocycles. The quantitative estimate of drug-likeness (QED) is 0.886. The molecule has 1 saturated heterocycles. The molecule has 130 valence electrons. The zero-order valence-corrected chi connectivity index (χ0v) is 14.8. The van der Waals surface area contributed by atoms with Gasteiger partial charge < -0.3 is 15.2 Å². The molecule has 0 spiro atoms. The number of halogens is 1. The number of aryl methyl sites for hydroxylation is 2. The van der Waals surface area contributed by atoms with E-state index in [4.69, 9.17) is 4.52 Å². The van der Waals surface area contributed by atoms with E-state index < -0.39 is 0 Å². The van der Waals surface area contributed by atoms with Crippen LogP contribution in [0.15, 0.2) is 22.7 Å². The molecule has 0 bridgehead atoms. The van der Waals surface area contributed by atoms with Crippen molar-refractivity contribution in [1.82, 2.24) is 15.5 Å². The average Bonchev–Trinajstić information content (AvgIpc) is 3.07. The molecule has 0 radical (unpaired) electrons. The molecular formula is C17H23ClN4O2. The number of nitrogens with one attached hydrogen (secondary N) is 2. The smallest absolute Gasteiger partial charge is 0.257 e. The van der Waals surface area contributed by atoms with Crippen LogP contribution in [0.25, 0.3) is 11.5 Å². The number of rotatable bonds is 4. The van der Waals surface area contributed by atoms with E-state index in [1.165, 1.54) is 0 Å². The lowest BCUT2D eigenvalue weighted by atomic mass is 9.98. The summed E-state index contributed by atoms with van der Waals surface area (Å²) in [4.78, 5) is 16.8. The van der Waals surface area contributed by atoms with Crippen molar-refractivity contribution in [1.29, 1.82) is 0 Å². The summed E-state index contributed by atoms with van der Waals surface area (Å²) < 4.78 is 5.27. The van der Waals surface area contributed by atoms with Gasteiger partial charge in [-0.2, -0.15) is 4.98 Å². The summed E-state index contributed by atoms with van der Waals surface area (Å²) in [5.41, 5.74) is 2.63. The number of hydrogen-bond donors (Lipinski definition) is 2. The number of carbonyl (C=O) groups is 1. The second kappa shape index (κ2) is 8.26. The molecule has 1 fully saturated rings. The second-order valence-corrected chi connectivity index (χ2v) is 5.93. The molecule has 1 aliphatic heterocycles. The van der Waals surface area contributed by atoms with Gasteiger partial charge in [0, 0.05) is 24.2 Å². The van der Waals surface area contributed by atoms with Gasteiger partial charge in [-0.15, -0.1) is 12.4 Å². The van der Waals surface area contributed by atoms with E-state index >= 15 is 0 Å². The molecule has 1 aliphatic rings. The third-order valence-corrected chi connectivity index (χ3v) is 4.19. The Kier molecular flexibility index (Phi) is 6.34. The highest BCUT2D eigenvalue weighted by atomic mass is 35.5. The molecule has 1 aromatic heterocycles. The Hall–Kier alpha value is -1.92. The first-order chi connectivity index (χ1) is 11.2. The molecule has 3 rings (SSSR count). The maximum Gasteiger partial charge on any atom is 0.257 e. The van der Waals surface area contributed by atoms with E-state index in [1.54, 1.807) is 0 Å². The average molecular weight is 351 g/mol. The molecule has 2 heterocycles. The number of hydrogen-bond acceptors (Lipinski definition) is 5. The van der Waals surface area contributed by atoms with Crippen LogP contribution in [-0.4, -0.2) is 29.1 Å². The maximum atomic E-state index is 12.4. The van der Waals surface area contributed by atoms with Gasteiger partial charge in [-0.05, 0) is 44.0 Å². The van der Waals surface area contributed by atoms with E-state index in [2.05, 4.69) is 20.8 Å². The van der Waals surface area contributed by atoms with Gasteiger partial charge in [0.05, 0.1) is 5.92 Å². The summed E-state index contributed by atoms with van der Waals surface area (Å²) in [6.45, 7) is 5.70. The van der Waals surface area contributed by atoms with E-state index in [-0.39, 0.29) is 24.2 Å². The van der Waals surface area contributed by atoms with E-state index in [0.29, 0.717) is 11.7 Å². The summed E-state index contributed by atoms with van der Waals surface area (Å²) >= 11 is 0. The second-order valence-electron chi connectivity index (χ2n) is 5.93. The number of nitrogens with zero attached hydrogens (tertiary/aromatic N) is 2. The highest BCUT2D eigenvalue weighted by Crippen LogP contribution is 2.25. The van der Waals surface area contributed by atoms with Gasteiger partial charge in [0.15, 0.2) is 5.82 Å². The van der Waals surface area contributed by atoms with Gasteiger partial charge in [0.25, 0.3) is 5.89 Å². The fourth-order valence-electron chi connectivity index (χ4n) is 2.71. The molecule has 7 heteroatoms. The van der Waals surface area contributed by atoms with Crippen LogP contribution >= 0.6 is 12.4 Å². The van der Waals surface area contributed by atoms with Gasteiger partial charge in [-0.3, -0.25) is 4.79 Å². The van der Waals surface area contributed by atoms with Crippen molar-refractivity contribution in [3.8, 4) is 11.5 Å². The largest absolute Gasteiger partial charge is 0.334 e. The molecule has 0 saturated carbocycles. The minimum Gasteiger partial charge on any atom is -0.334 e. The van der Waals surface area contributed by atoms with Crippen LogP contribution in [0.1, 0.15) is 31.2 Å². The number of carbonyl (C=O) groups excluding carboxylic acids is 1. The third kappa shape index (κ3) is 4.13. The molecule has 1 unspecified atom stereocenters. The van der Waals surface area contributed by atoms with Crippen molar-refractivity contribution in [2.45, 2.75) is 33.1 Å². The van der Waals surface area contributed by atoms with Gasteiger partial charge in [0.2, 0.25) is 5.91 Å². The van der Waals surface area contributed by atoms with Crippen LogP contribution in [0.2, 0.25) is 0 Å². The summed E-state index contributed by atoms with van der Waals surface area (Å²) in [6.07, 6.45) is 2.70. The van der Waals surface area contributed by atoms with Gasteiger partial charge in [0.1, 0.15) is 0 Å². The topological polar surface area (TPSA) is 80.0 Å². The first-order valence-corrected chi connectivity index (χ1v) is 8.12. The van der Waals surface area contributed by atoms with Crippen molar-refractivity contribution in [2.75, 3.05) is 18.4 Å². The molecular weight excluding hydrogens is 328 g/mol. The van der Waals surface area contributed by atoms with Crippen molar-refractivity contribution in [2.24, 2.45) is 5.92 Å². The van der Waals surface area contributed by atoms with Crippen LogP contribution in [0.3, 0.4) is 0 Å². The Balaban J connectivity index is 0.00000208. The summed E-state index contributed by atoms with van der Waals surface area (Å²) in [5, 5.41) is 10.2. The fourth-order valence-corrected chi connectivity index (χ4v) is 2.71. The Labute approximate surface area is 147 Å². The van der Waals surface area contributed by atoms with Crippen molar-refractivity contribution >= 4 is 24.0 Å². The normalized spacial score (nSPS) is 17.2. The number of piperidine rings is 1. The zero-order valence-electron chi connectivity index (χ0n) is 14.0. The lowest BCUT2D eigenvalue weighted by molar-refractivity contribution is -0.120. The third-order valence-electron chi connectivity index (χ3n) is 4.19. The van der Waals surface area contributed by atoms with Crippen LogP contribution < -0.4 is 10.6 Å². The molecule has 0 aliphatic carbocycles. The van der Waals surface area contributed by atoms with Crippen LogP contribution in [0.4, 0.5) is 5.69 Å². The standard InChI is InChI=1S/C17H22N4O2.ClH/c1-3-15-20-17(23-21-15)12-7-6-11(2)14(9-12)19-16(22)13-5-4-8-18-10-13;/h6-7,9,13,18H,3-5,8,10H2,1-2H3,(H,19,22);1H. The lowest BCUT2D eigenvalue weighted by Gasteiger charge is -2.22. The minimum absolute atomic E-state index is 0. The SMILES string of the molecule is CCc1noc(-c2ccc(C)c(NC(=O)C3CCCNC3)c2)n1.Cl. The summed E-state index contributed by atoms with van der Waals surface area (Å²) in [5.74, 6) is 1.26. The first-order valence-electron chi connectivity index (χ1n) is 8.12. The highest BCUT2D eigenvalue weighted by Gasteiger charge is 2.21. The van der Waals surface area contributed by atoms with Gasteiger partial charge >= 0.3 is 0 Å². The predicted molar refractivity (Wildman–Crippen MR) is 95.3 cm³/mol. The Bertz CT molecular complexity index is 696. The van der Waals surface area contributed by atoms with Gasteiger partial charge in [-0.25, -0.2) is 0 Å². The van der Waals surface area contributed by atoms with Crippen molar-refractivity contribution in [3.63, 3.8) is 0 Å². The van der Waals surface area contributed by atoms with E-state index in [9.17, 15) is 4.79 Å². The van der Waals surface area contributed by atoms with E-state index in [1.807, 2.05) is 32.0 Å². The van der Waals surface area contributed by atoms with Crippen LogP contribution in [-0.2, 0) is 11.2 Å². The van der Waals surface area contributed by atoms with Crippen LogP contribution in [0.5, 0.6) is 0 Å².